The molecule has 1 atom stereocenters. The minimum absolute atomic E-state index is 0.0211. The summed E-state index contributed by atoms with van der Waals surface area (Å²) in [6.07, 6.45) is 0.793. The van der Waals surface area contributed by atoms with E-state index in [1.807, 2.05) is 24.3 Å². The predicted molar refractivity (Wildman–Crippen MR) is 94.2 cm³/mol. The summed E-state index contributed by atoms with van der Waals surface area (Å²) in [5.41, 5.74) is 1.03. The van der Waals surface area contributed by atoms with Gasteiger partial charge in [-0.1, -0.05) is 12.1 Å². The summed E-state index contributed by atoms with van der Waals surface area (Å²) in [6, 6.07) is 7.23. The molecular weight excluding hydrogens is 344 g/mol. The van der Waals surface area contributed by atoms with E-state index in [2.05, 4.69) is 5.32 Å². The van der Waals surface area contributed by atoms with Gasteiger partial charge in [0.05, 0.1) is 18.6 Å². The number of amides is 2. The first-order chi connectivity index (χ1) is 11.8. The third kappa shape index (κ3) is 5.74. The number of hydrogen-bond donors (Lipinski definition) is 1. The Balaban J connectivity index is 1.75. The zero-order valence-electron chi connectivity index (χ0n) is 14.5. The highest BCUT2D eigenvalue weighted by Gasteiger charge is 2.33. The number of sulfone groups is 1. The van der Waals surface area contributed by atoms with Gasteiger partial charge in [-0.25, -0.2) is 8.42 Å². The Bertz CT molecular complexity index is 732. The maximum atomic E-state index is 12.1. The average molecular weight is 368 g/mol. The van der Waals surface area contributed by atoms with Gasteiger partial charge in [-0.2, -0.15) is 0 Å². The van der Waals surface area contributed by atoms with E-state index in [9.17, 15) is 18.0 Å². The number of benzene rings is 1. The standard InChI is InChI=1S/C17H24N2O5S/c1-19(14-7-9-25(22,23)12-14)17(21)11-16(20)18-8-6-13-4-3-5-15(10-13)24-2/h3-5,10,14H,6-9,11-12H2,1-2H3,(H,18,20). The van der Waals surface area contributed by atoms with Gasteiger partial charge in [0.2, 0.25) is 11.8 Å². The molecule has 1 fully saturated rings. The molecule has 1 aromatic carbocycles. The lowest BCUT2D eigenvalue weighted by Gasteiger charge is -2.23. The second kappa shape index (κ2) is 8.33. The molecular formula is C17H24N2O5S. The molecule has 1 heterocycles. The van der Waals surface area contributed by atoms with Gasteiger partial charge in [0.15, 0.2) is 9.84 Å². The number of nitrogens with zero attached hydrogens (tertiary/aromatic N) is 1. The van der Waals surface area contributed by atoms with Crippen LogP contribution in [0.1, 0.15) is 18.4 Å². The lowest BCUT2D eigenvalue weighted by atomic mass is 10.1. The highest BCUT2D eigenvalue weighted by molar-refractivity contribution is 7.91. The van der Waals surface area contributed by atoms with Crippen molar-refractivity contribution < 1.29 is 22.7 Å². The summed E-state index contributed by atoms with van der Waals surface area (Å²) >= 11 is 0. The molecule has 25 heavy (non-hydrogen) atoms. The van der Waals surface area contributed by atoms with Gasteiger partial charge in [0.25, 0.3) is 0 Å². The molecule has 1 N–H and O–H groups in total. The maximum Gasteiger partial charge on any atom is 0.232 e. The fourth-order valence-corrected chi connectivity index (χ4v) is 4.56. The molecule has 0 radical (unpaired) electrons. The van der Waals surface area contributed by atoms with Crippen molar-refractivity contribution in [2.45, 2.75) is 25.3 Å². The lowest BCUT2D eigenvalue weighted by Crippen LogP contribution is -2.40. The molecule has 1 aromatic rings. The Morgan fingerprint density at radius 1 is 1.36 bits per heavy atom. The summed E-state index contributed by atoms with van der Waals surface area (Å²) in [6.45, 7) is 0.417. The first-order valence-corrected chi connectivity index (χ1v) is 9.98. The Morgan fingerprint density at radius 2 is 2.12 bits per heavy atom. The number of carbonyl (C=O) groups excluding carboxylic acids is 2. The van der Waals surface area contributed by atoms with Gasteiger partial charge < -0.3 is 15.0 Å². The second-order valence-corrected chi connectivity index (χ2v) is 8.42. The van der Waals surface area contributed by atoms with Crippen LogP contribution in [0.3, 0.4) is 0 Å². The number of hydrogen-bond acceptors (Lipinski definition) is 5. The minimum Gasteiger partial charge on any atom is -0.497 e. The van der Waals surface area contributed by atoms with E-state index in [1.165, 1.54) is 4.90 Å². The van der Waals surface area contributed by atoms with Gasteiger partial charge in [-0.05, 0) is 30.5 Å². The van der Waals surface area contributed by atoms with E-state index in [1.54, 1.807) is 14.2 Å². The van der Waals surface area contributed by atoms with Crippen molar-refractivity contribution in [2.24, 2.45) is 0 Å². The van der Waals surface area contributed by atoms with Gasteiger partial charge in [0.1, 0.15) is 12.2 Å². The van der Waals surface area contributed by atoms with Crippen molar-refractivity contribution >= 4 is 21.7 Å². The van der Waals surface area contributed by atoms with E-state index in [4.69, 9.17) is 4.74 Å². The van der Waals surface area contributed by atoms with Crippen LogP contribution in [0.4, 0.5) is 0 Å². The first kappa shape index (κ1) is 19.2. The SMILES string of the molecule is COc1cccc(CCNC(=O)CC(=O)N(C)C2CCS(=O)(=O)C2)c1. The number of ether oxygens (including phenoxy) is 1. The lowest BCUT2D eigenvalue weighted by molar-refractivity contribution is -0.136. The normalized spacial score (nSPS) is 18.6. The minimum atomic E-state index is -3.06. The zero-order chi connectivity index (χ0) is 18.4. The van der Waals surface area contributed by atoms with Gasteiger partial charge in [0, 0.05) is 19.6 Å². The molecule has 0 spiro atoms. The van der Waals surface area contributed by atoms with E-state index < -0.39 is 9.84 Å². The molecule has 0 aliphatic carbocycles. The van der Waals surface area contributed by atoms with Crippen LogP contribution in [-0.2, 0) is 25.8 Å². The zero-order valence-corrected chi connectivity index (χ0v) is 15.3. The maximum absolute atomic E-state index is 12.1. The Hall–Kier alpha value is -2.09. The van der Waals surface area contributed by atoms with Crippen LogP contribution in [0, 0.1) is 0 Å². The fourth-order valence-electron chi connectivity index (χ4n) is 2.78. The van der Waals surface area contributed by atoms with E-state index >= 15 is 0 Å². The molecule has 0 saturated carbocycles. The van der Waals surface area contributed by atoms with Crippen molar-refractivity contribution in [1.29, 1.82) is 0 Å². The van der Waals surface area contributed by atoms with Crippen molar-refractivity contribution in [1.82, 2.24) is 10.2 Å². The fraction of sp³-hybridized carbons (Fsp3) is 0.529. The average Bonchev–Trinajstić information content (AvgIpc) is 2.94. The van der Waals surface area contributed by atoms with Crippen LogP contribution in [-0.4, -0.2) is 63.4 Å². The summed E-state index contributed by atoms with van der Waals surface area (Å²) in [4.78, 5) is 25.4. The smallest absolute Gasteiger partial charge is 0.232 e. The van der Waals surface area contributed by atoms with E-state index in [0.29, 0.717) is 19.4 Å². The van der Waals surface area contributed by atoms with Crippen LogP contribution in [0.2, 0.25) is 0 Å². The van der Waals surface area contributed by atoms with Crippen molar-refractivity contribution in [2.75, 3.05) is 32.2 Å². The number of carbonyl (C=O) groups is 2. The summed E-state index contributed by atoms with van der Waals surface area (Å²) < 4.78 is 28.1. The molecule has 7 nitrogen and oxygen atoms in total. The molecule has 8 heteroatoms. The molecule has 1 aliphatic heterocycles. The van der Waals surface area contributed by atoms with Crippen molar-refractivity contribution in [3.63, 3.8) is 0 Å². The van der Waals surface area contributed by atoms with E-state index in [-0.39, 0.29) is 35.8 Å². The topological polar surface area (TPSA) is 92.8 Å². The number of rotatable bonds is 7. The van der Waals surface area contributed by atoms with Gasteiger partial charge >= 0.3 is 0 Å². The quantitative estimate of drug-likeness (QED) is 0.703. The summed E-state index contributed by atoms with van der Waals surface area (Å²) in [5, 5.41) is 2.72. The molecule has 138 valence electrons. The number of methoxy groups -OCH3 is 1. The van der Waals surface area contributed by atoms with E-state index in [0.717, 1.165) is 11.3 Å². The van der Waals surface area contributed by atoms with Crippen LogP contribution < -0.4 is 10.1 Å². The van der Waals surface area contributed by atoms with Crippen molar-refractivity contribution in [3.05, 3.63) is 29.8 Å². The molecule has 2 rings (SSSR count). The van der Waals surface area contributed by atoms with Crippen molar-refractivity contribution in [3.8, 4) is 5.75 Å². The monoisotopic (exact) mass is 368 g/mol. The Kier molecular flexibility index (Phi) is 6.41. The largest absolute Gasteiger partial charge is 0.497 e. The highest BCUT2D eigenvalue weighted by atomic mass is 32.2. The molecule has 2 amide bonds. The van der Waals surface area contributed by atoms with Gasteiger partial charge in [-0.15, -0.1) is 0 Å². The van der Waals surface area contributed by atoms with Crippen LogP contribution in [0.15, 0.2) is 24.3 Å². The number of nitrogens with one attached hydrogen (secondary N) is 1. The molecule has 0 aromatic heterocycles. The second-order valence-electron chi connectivity index (χ2n) is 6.19. The molecule has 1 aliphatic rings. The summed E-state index contributed by atoms with van der Waals surface area (Å²) in [7, 11) is 0.0910. The highest BCUT2D eigenvalue weighted by Crippen LogP contribution is 2.17. The molecule has 1 saturated heterocycles. The summed E-state index contributed by atoms with van der Waals surface area (Å²) in [5.74, 6) is 0.114. The van der Waals surface area contributed by atoms with Crippen LogP contribution in [0.25, 0.3) is 0 Å². The van der Waals surface area contributed by atoms with Gasteiger partial charge in [-0.3, -0.25) is 9.59 Å². The predicted octanol–water partition coefficient (Wildman–Crippen LogP) is 0.390. The molecule has 0 bridgehead atoms. The first-order valence-electron chi connectivity index (χ1n) is 8.16. The van der Waals surface area contributed by atoms with Crippen LogP contribution >= 0.6 is 0 Å². The Morgan fingerprint density at radius 3 is 2.76 bits per heavy atom. The molecule has 1 unspecified atom stereocenters. The third-order valence-corrected chi connectivity index (χ3v) is 6.08. The van der Waals surface area contributed by atoms with Crippen LogP contribution in [0.5, 0.6) is 5.75 Å². The Labute approximate surface area is 148 Å². The third-order valence-electron chi connectivity index (χ3n) is 4.33.